The molecule has 1 fully saturated rings. The second-order valence-corrected chi connectivity index (χ2v) is 7.33. The molecule has 0 atom stereocenters. The maximum absolute atomic E-state index is 13.0. The first-order chi connectivity index (χ1) is 14.8. The first-order valence-corrected chi connectivity index (χ1v) is 9.71. The molecule has 1 amide bonds. The van der Waals surface area contributed by atoms with E-state index in [9.17, 15) is 22.8 Å². The van der Waals surface area contributed by atoms with Gasteiger partial charge in [0.1, 0.15) is 5.69 Å². The number of aromatic nitrogens is 3. The Bertz CT molecular complexity index is 1190. The second kappa shape index (κ2) is 8.29. The molecule has 3 aromatic rings. The van der Waals surface area contributed by atoms with Gasteiger partial charge in [0, 0.05) is 11.6 Å². The number of nitrogens with zero attached hydrogens (tertiary/aromatic N) is 1. The van der Waals surface area contributed by atoms with Crippen LogP contribution in [0.5, 0.6) is 5.88 Å². The van der Waals surface area contributed by atoms with Crippen molar-refractivity contribution in [2.75, 3.05) is 11.9 Å². The molecular weight excluding hydrogens is 413 g/mol. The van der Waals surface area contributed by atoms with Gasteiger partial charge in [0.15, 0.2) is 0 Å². The van der Waals surface area contributed by atoms with Crippen molar-refractivity contribution in [1.29, 1.82) is 0 Å². The van der Waals surface area contributed by atoms with Crippen LogP contribution in [0.1, 0.15) is 30.5 Å². The van der Waals surface area contributed by atoms with E-state index in [4.69, 9.17) is 4.74 Å². The number of nitrogens with one attached hydrogen (secondary N) is 3. The number of H-pyrrole nitrogens is 2. The number of carbonyl (C=O) groups is 1. The highest BCUT2D eigenvalue weighted by atomic mass is 19.4. The maximum Gasteiger partial charge on any atom is 0.433 e. The highest BCUT2D eigenvalue weighted by Gasteiger charge is 2.33. The predicted molar refractivity (Wildman–Crippen MR) is 109 cm³/mol. The average molecular weight is 432 g/mol. The summed E-state index contributed by atoms with van der Waals surface area (Å²) in [6.07, 6.45) is 0.942. The van der Waals surface area contributed by atoms with E-state index in [1.54, 1.807) is 18.2 Å². The van der Waals surface area contributed by atoms with Gasteiger partial charge in [-0.15, -0.1) is 0 Å². The molecule has 1 aliphatic rings. The maximum atomic E-state index is 13.0. The Hall–Kier alpha value is -3.56. The normalized spacial score (nSPS) is 14.7. The zero-order valence-corrected chi connectivity index (χ0v) is 16.3. The lowest BCUT2D eigenvalue weighted by molar-refractivity contribution is -0.141. The number of carbonyl (C=O) groups excluding carboxylic acids is 1. The fourth-order valence-corrected chi connectivity index (χ4v) is 3.21. The van der Waals surface area contributed by atoms with Gasteiger partial charge in [-0.1, -0.05) is 12.5 Å². The number of benzene rings is 1. The molecule has 2 heterocycles. The van der Waals surface area contributed by atoms with Crippen molar-refractivity contribution in [3.05, 3.63) is 58.1 Å². The van der Waals surface area contributed by atoms with Crippen LogP contribution in [0.15, 0.2) is 41.2 Å². The fraction of sp³-hybridized carbons (Fsp3) is 0.286. The van der Waals surface area contributed by atoms with Crippen molar-refractivity contribution in [1.82, 2.24) is 15.0 Å². The van der Waals surface area contributed by atoms with Crippen molar-refractivity contribution in [3.63, 3.8) is 0 Å². The number of alkyl halides is 3. The summed E-state index contributed by atoms with van der Waals surface area (Å²) >= 11 is 0. The summed E-state index contributed by atoms with van der Waals surface area (Å²) in [6, 6.07) is 7.03. The SMILES string of the molecule is O=C(/C=C/c1ccc(C(F)(F)F)nc1OCC1CCC1)Nc1cccc2[nH]c(=O)[nH]c12. The van der Waals surface area contributed by atoms with Crippen LogP contribution in [0.25, 0.3) is 17.1 Å². The molecule has 10 heteroatoms. The number of halogens is 3. The number of pyridine rings is 1. The largest absolute Gasteiger partial charge is 0.477 e. The van der Waals surface area contributed by atoms with Crippen LogP contribution in [-0.4, -0.2) is 27.5 Å². The first kappa shape index (κ1) is 20.7. The van der Waals surface area contributed by atoms with E-state index in [0.29, 0.717) is 22.6 Å². The molecule has 0 aliphatic heterocycles. The Morgan fingerprint density at radius 2 is 2.03 bits per heavy atom. The van der Waals surface area contributed by atoms with Gasteiger partial charge in [-0.2, -0.15) is 13.2 Å². The van der Waals surface area contributed by atoms with Crippen molar-refractivity contribution >= 4 is 28.7 Å². The summed E-state index contributed by atoms with van der Waals surface area (Å²) in [6.45, 7) is 0.282. The Morgan fingerprint density at radius 1 is 1.23 bits per heavy atom. The smallest absolute Gasteiger partial charge is 0.433 e. The third-order valence-electron chi connectivity index (χ3n) is 5.08. The summed E-state index contributed by atoms with van der Waals surface area (Å²) in [7, 11) is 0. The topological polar surface area (TPSA) is 99.9 Å². The summed E-state index contributed by atoms with van der Waals surface area (Å²) in [5.41, 5.74) is 0.158. The number of imidazole rings is 1. The molecule has 0 spiro atoms. The van der Waals surface area contributed by atoms with Crippen LogP contribution >= 0.6 is 0 Å². The van der Waals surface area contributed by atoms with Gasteiger partial charge in [-0.05, 0) is 49.1 Å². The Morgan fingerprint density at radius 3 is 2.74 bits per heavy atom. The first-order valence-electron chi connectivity index (χ1n) is 9.71. The zero-order chi connectivity index (χ0) is 22.0. The highest BCUT2D eigenvalue weighted by molar-refractivity contribution is 6.06. The van der Waals surface area contributed by atoms with Gasteiger partial charge >= 0.3 is 11.9 Å². The van der Waals surface area contributed by atoms with Gasteiger partial charge in [0.25, 0.3) is 0 Å². The molecule has 3 N–H and O–H groups in total. The molecule has 0 saturated heterocycles. The van der Waals surface area contributed by atoms with Crippen molar-refractivity contribution in [2.45, 2.75) is 25.4 Å². The third-order valence-corrected chi connectivity index (χ3v) is 5.08. The molecule has 0 bridgehead atoms. The number of anilines is 1. The molecule has 0 radical (unpaired) electrons. The highest BCUT2D eigenvalue weighted by Crippen LogP contribution is 2.32. The van der Waals surface area contributed by atoms with Gasteiger partial charge in [0.05, 0.1) is 23.3 Å². The molecule has 4 rings (SSSR count). The predicted octanol–water partition coefficient (Wildman–Crippen LogP) is 4.10. The van der Waals surface area contributed by atoms with Gasteiger partial charge in [-0.3, -0.25) is 4.79 Å². The Balaban J connectivity index is 1.53. The van der Waals surface area contributed by atoms with E-state index in [0.717, 1.165) is 25.3 Å². The van der Waals surface area contributed by atoms with Crippen LogP contribution in [0.3, 0.4) is 0 Å². The molecule has 2 aromatic heterocycles. The number of ether oxygens (including phenoxy) is 1. The average Bonchev–Trinajstić information content (AvgIpc) is 3.06. The van der Waals surface area contributed by atoms with E-state index in [1.807, 2.05) is 0 Å². The number of amides is 1. The lowest BCUT2D eigenvalue weighted by atomic mass is 9.86. The minimum atomic E-state index is -4.60. The van der Waals surface area contributed by atoms with Gasteiger partial charge < -0.3 is 20.0 Å². The summed E-state index contributed by atoms with van der Waals surface area (Å²) in [5, 5.41) is 2.63. The van der Waals surface area contributed by atoms with E-state index < -0.39 is 23.5 Å². The molecule has 1 aliphatic carbocycles. The second-order valence-electron chi connectivity index (χ2n) is 7.33. The third kappa shape index (κ3) is 4.79. The fourth-order valence-electron chi connectivity index (χ4n) is 3.21. The molecule has 1 aromatic carbocycles. The number of hydrogen-bond donors (Lipinski definition) is 3. The van der Waals surface area contributed by atoms with Crippen molar-refractivity contribution in [3.8, 4) is 5.88 Å². The standard InChI is InChI=1S/C21H19F3N4O3/c22-21(23,24)16-9-7-13(19(27-16)31-11-12-3-1-4-12)8-10-17(29)25-14-5-2-6-15-18(14)28-20(30)26-15/h2,5-10,12H,1,3-4,11H2,(H,25,29)(H2,26,28,30)/b10-8+. The number of hydrogen-bond acceptors (Lipinski definition) is 4. The number of fused-ring (bicyclic) bond motifs is 1. The monoisotopic (exact) mass is 432 g/mol. The molecular formula is C21H19F3N4O3. The molecule has 7 nitrogen and oxygen atoms in total. The van der Waals surface area contributed by atoms with Crippen molar-refractivity contribution in [2.24, 2.45) is 5.92 Å². The quantitative estimate of drug-likeness (QED) is 0.511. The van der Waals surface area contributed by atoms with E-state index in [1.165, 1.54) is 18.2 Å². The molecule has 31 heavy (non-hydrogen) atoms. The summed E-state index contributed by atoms with van der Waals surface area (Å²) in [5.74, 6) is -0.386. The van der Waals surface area contributed by atoms with Crippen LogP contribution in [0.2, 0.25) is 0 Å². The molecule has 1 saturated carbocycles. The minimum Gasteiger partial charge on any atom is -0.477 e. The van der Waals surface area contributed by atoms with Gasteiger partial charge in [-0.25, -0.2) is 9.78 Å². The van der Waals surface area contributed by atoms with E-state index >= 15 is 0 Å². The van der Waals surface area contributed by atoms with Crippen LogP contribution in [0, 0.1) is 5.92 Å². The van der Waals surface area contributed by atoms with E-state index in [2.05, 4.69) is 20.3 Å². The van der Waals surface area contributed by atoms with Crippen LogP contribution < -0.4 is 15.7 Å². The molecule has 162 valence electrons. The van der Waals surface area contributed by atoms with Crippen LogP contribution in [0.4, 0.5) is 18.9 Å². The van der Waals surface area contributed by atoms with Crippen LogP contribution in [-0.2, 0) is 11.0 Å². The Labute approximate surface area is 174 Å². The lowest BCUT2D eigenvalue weighted by Gasteiger charge is -2.25. The minimum absolute atomic E-state index is 0.164. The summed E-state index contributed by atoms with van der Waals surface area (Å²) < 4.78 is 44.7. The van der Waals surface area contributed by atoms with Gasteiger partial charge in [0.2, 0.25) is 11.8 Å². The van der Waals surface area contributed by atoms with Crippen molar-refractivity contribution < 1.29 is 22.7 Å². The zero-order valence-electron chi connectivity index (χ0n) is 16.3. The summed E-state index contributed by atoms with van der Waals surface area (Å²) in [4.78, 5) is 32.6. The molecule has 0 unspecified atom stereocenters. The van der Waals surface area contributed by atoms with E-state index in [-0.39, 0.29) is 18.1 Å². The Kier molecular flexibility index (Phi) is 5.53. The number of para-hydroxylation sites is 1. The number of aromatic amines is 2. The number of rotatable bonds is 6. The lowest BCUT2D eigenvalue weighted by Crippen LogP contribution is -2.20.